The zero-order valence-corrected chi connectivity index (χ0v) is 25.9. The van der Waals surface area contributed by atoms with Crippen LogP contribution in [-0.2, 0) is 17.1 Å². The van der Waals surface area contributed by atoms with E-state index in [1.807, 2.05) is 50.0 Å². The largest absolute Gasteiger partial charge is 0.377 e. The first-order chi connectivity index (χ1) is 20.3. The maximum absolute atomic E-state index is 13.6. The Morgan fingerprint density at radius 3 is 2.42 bits per heavy atom. The molecule has 0 radical (unpaired) electrons. The number of nitrogens with zero attached hydrogens (tertiary/aromatic N) is 6. The van der Waals surface area contributed by atoms with Gasteiger partial charge in [0.25, 0.3) is 11.5 Å². The SMILES string of the molecule is Cc1cc([C@@H](C)Nc2ccc(Cl)nc2C(=O)NS(C)(=O)=O)c2nc(N3C[C@@H]4C(c5cnc(C)nc5)[C@@H]4C3)n(C)c(=O)c2c1. The van der Waals surface area contributed by atoms with Crippen molar-refractivity contribution in [3.63, 3.8) is 0 Å². The van der Waals surface area contributed by atoms with Crippen molar-refractivity contribution in [3.05, 3.63) is 80.4 Å². The van der Waals surface area contributed by atoms with E-state index in [0.29, 0.717) is 34.6 Å². The van der Waals surface area contributed by atoms with Crippen LogP contribution in [0, 0.1) is 25.7 Å². The molecule has 1 saturated heterocycles. The fourth-order valence-electron chi connectivity index (χ4n) is 6.17. The first-order valence-corrected chi connectivity index (χ1v) is 16.1. The summed E-state index contributed by atoms with van der Waals surface area (Å²) in [5, 5.41) is 3.77. The third-order valence-corrected chi connectivity index (χ3v) is 8.95. The number of rotatable bonds is 7. The summed E-state index contributed by atoms with van der Waals surface area (Å²) in [6.07, 6.45) is 4.71. The highest BCUT2D eigenvalue weighted by molar-refractivity contribution is 7.89. The second kappa shape index (κ2) is 10.6. The lowest BCUT2D eigenvalue weighted by atomic mass is 10.0. The van der Waals surface area contributed by atoms with Gasteiger partial charge in [-0.15, -0.1) is 0 Å². The van der Waals surface area contributed by atoms with E-state index in [4.69, 9.17) is 16.6 Å². The average molecular weight is 623 g/mol. The second-order valence-electron chi connectivity index (χ2n) is 11.4. The lowest BCUT2D eigenvalue weighted by Crippen LogP contribution is -2.32. The molecule has 224 valence electrons. The number of fused-ring (bicyclic) bond motifs is 2. The summed E-state index contributed by atoms with van der Waals surface area (Å²) in [7, 11) is -2.08. The number of hydrogen-bond acceptors (Lipinski definition) is 10. The highest BCUT2D eigenvalue weighted by Gasteiger charge is 2.57. The molecule has 43 heavy (non-hydrogen) atoms. The van der Waals surface area contributed by atoms with Gasteiger partial charge in [-0.1, -0.05) is 17.7 Å². The standard InChI is InChI=1S/C29H31ClN8O4S/c1-14-8-18(15(2)33-22-6-7-23(30)34-26(22)27(39)36-43(5,41)42)25-19(9-14)28(40)37(4)29(35-25)38-12-20-21(13-38)24(20)17-10-31-16(3)32-11-17/h6-11,15,20-21,24,33H,12-13H2,1-5H3,(H,36,39)/t15-,20-,21+,24?/m1/s1. The number of nitrogens with one attached hydrogen (secondary N) is 2. The van der Waals surface area contributed by atoms with Gasteiger partial charge >= 0.3 is 0 Å². The van der Waals surface area contributed by atoms with Crippen LogP contribution in [0.5, 0.6) is 0 Å². The van der Waals surface area contributed by atoms with Gasteiger partial charge in [0.2, 0.25) is 16.0 Å². The minimum atomic E-state index is -3.83. The number of anilines is 2. The number of carbonyl (C=O) groups excluding carboxylic acids is 1. The summed E-state index contributed by atoms with van der Waals surface area (Å²) >= 11 is 6.03. The smallest absolute Gasteiger partial charge is 0.285 e. The maximum atomic E-state index is 13.6. The monoisotopic (exact) mass is 622 g/mol. The molecule has 1 aromatic carbocycles. The van der Waals surface area contributed by atoms with E-state index in [1.54, 1.807) is 17.7 Å². The Hall–Kier alpha value is -4.10. The van der Waals surface area contributed by atoms with Gasteiger partial charge < -0.3 is 10.2 Å². The van der Waals surface area contributed by atoms with Crippen molar-refractivity contribution in [3.8, 4) is 0 Å². The van der Waals surface area contributed by atoms with Crippen LogP contribution in [0.1, 0.15) is 51.9 Å². The van der Waals surface area contributed by atoms with Gasteiger partial charge in [0.15, 0.2) is 5.69 Å². The van der Waals surface area contributed by atoms with E-state index >= 15 is 0 Å². The lowest BCUT2D eigenvalue weighted by Gasteiger charge is -2.25. The van der Waals surface area contributed by atoms with E-state index in [2.05, 4.69) is 25.2 Å². The molecular weight excluding hydrogens is 592 g/mol. The quantitative estimate of drug-likeness (QED) is 0.294. The highest BCUT2D eigenvalue weighted by atomic mass is 35.5. The number of benzene rings is 1. The molecule has 0 bridgehead atoms. The van der Waals surface area contributed by atoms with Gasteiger partial charge in [-0.05, 0) is 67.9 Å². The van der Waals surface area contributed by atoms with E-state index in [0.717, 1.165) is 41.9 Å². The minimum Gasteiger partial charge on any atom is -0.377 e. The topological polar surface area (TPSA) is 152 Å². The van der Waals surface area contributed by atoms with E-state index in [9.17, 15) is 18.0 Å². The van der Waals surface area contributed by atoms with Gasteiger partial charge in [0.1, 0.15) is 11.0 Å². The number of aromatic nitrogens is 5. The maximum Gasteiger partial charge on any atom is 0.285 e. The molecule has 12 nitrogen and oxygen atoms in total. The van der Waals surface area contributed by atoms with Crippen LogP contribution in [0.25, 0.3) is 10.9 Å². The van der Waals surface area contributed by atoms with Gasteiger partial charge in [-0.25, -0.2) is 33.1 Å². The van der Waals surface area contributed by atoms with Crippen LogP contribution < -0.4 is 20.5 Å². The van der Waals surface area contributed by atoms with Crippen LogP contribution in [0.4, 0.5) is 11.6 Å². The number of carbonyl (C=O) groups is 1. The predicted molar refractivity (Wildman–Crippen MR) is 164 cm³/mol. The Bertz CT molecular complexity index is 1940. The predicted octanol–water partition coefficient (Wildman–Crippen LogP) is 3.10. The fraction of sp³-hybridized carbons (Fsp3) is 0.379. The second-order valence-corrected chi connectivity index (χ2v) is 13.6. The summed E-state index contributed by atoms with van der Waals surface area (Å²) in [4.78, 5) is 46.3. The third kappa shape index (κ3) is 5.54. The molecule has 2 N–H and O–H groups in total. The summed E-state index contributed by atoms with van der Waals surface area (Å²) in [5.41, 5.74) is 3.28. The molecular formula is C29H31ClN8O4S. The van der Waals surface area contributed by atoms with Crippen LogP contribution >= 0.6 is 11.6 Å². The van der Waals surface area contributed by atoms with Gasteiger partial charge in [-0.3, -0.25) is 14.2 Å². The molecule has 2 aliphatic rings. The molecule has 1 saturated carbocycles. The van der Waals surface area contributed by atoms with Crippen molar-refractivity contribution in [2.45, 2.75) is 32.7 Å². The van der Waals surface area contributed by atoms with Gasteiger partial charge in [0, 0.05) is 38.1 Å². The van der Waals surface area contributed by atoms with Crippen LogP contribution in [0.15, 0.2) is 41.5 Å². The normalized spacial score (nSPS) is 20.1. The Morgan fingerprint density at radius 2 is 1.77 bits per heavy atom. The Labute approximate surface area is 253 Å². The molecule has 2 fully saturated rings. The highest BCUT2D eigenvalue weighted by Crippen LogP contribution is 2.58. The molecule has 4 heterocycles. The summed E-state index contributed by atoms with van der Waals surface area (Å²) in [5.74, 6) is 1.76. The number of pyridine rings is 1. The zero-order valence-electron chi connectivity index (χ0n) is 24.3. The molecule has 4 aromatic rings. The summed E-state index contributed by atoms with van der Waals surface area (Å²) in [6.45, 7) is 7.21. The third-order valence-electron chi connectivity index (χ3n) is 8.19. The molecule has 1 unspecified atom stereocenters. The minimum absolute atomic E-state index is 0.0356. The van der Waals surface area contributed by atoms with Crippen molar-refractivity contribution < 1.29 is 13.2 Å². The first kappa shape index (κ1) is 29.0. The van der Waals surface area contributed by atoms with Gasteiger partial charge in [-0.2, -0.15) is 0 Å². The number of piperidine rings is 1. The van der Waals surface area contributed by atoms with Crippen molar-refractivity contribution in [1.82, 2.24) is 29.2 Å². The summed E-state index contributed by atoms with van der Waals surface area (Å²) in [6, 6.07) is 6.40. The number of halogens is 1. The molecule has 1 amide bonds. The van der Waals surface area contributed by atoms with Crippen LogP contribution in [0.2, 0.25) is 5.15 Å². The van der Waals surface area contributed by atoms with E-state index in [-0.39, 0.29) is 22.1 Å². The number of sulfonamides is 1. The van der Waals surface area contributed by atoms with Crippen molar-refractivity contribution in [2.75, 3.05) is 29.6 Å². The zero-order chi connectivity index (χ0) is 30.8. The van der Waals surface area contributed by atoms with E-state index < -0.39 is 22.0 Å². The van der Waals surface area contributed by atoms with E-state index in [1.165, 1.54) is 6.07 Å². The lowest BCUT2D eigenvalue weighted by molar-refractivity contribution is 0.0977. The summed E-state index contributed by atoms with van der Waals surface area (Å²) < 4.78 is 26.9. The van der Waals surface area contributed by atoms with Crippen molar-refractivity contribution in [2.24, 2.45) is 18.9 Å². The first-order valence-electron chi connectivity index (χ1n) is 13.8. The molecule has 1 aliphatic heterocycles. The Morgan fingerprint density at radius 1 is 1.09 bits per heavy atom. The molecule has 4 atom stereocenters. The van der Waals surface area contributed by atoms with Gasteiger partial charge in [0.05, 0.1) is 28.9 Å². The van der Waals surface area contributed by atoms with Crippen molar-refractivity contribution >= 4 is 50.1 Å². The Balaban J connectivity index is 1.32. The average Bonchev–Trinajstić information content (AvgIpc) is 3.43. The molecule has 0 spiro atoms. The fourth-order valence-corrected chi connectivity index (χ4v) is 6.75. The number of aryl methyl sites for hydroxylation is 2. The molecule has 6 rings (SSSR count). The number of hydrogen-bond donors (Lipinski definition) is 2. The van der Waals surface area contributed by atoms with Crippen LogP contribution in [0.3, 0.4) is 0 Å². The molecule has 14 heteroatoms. The number of amides is 1. The van der Waals surface area contributed by atoms with Crippen molar-refractivity contribution in [1.29, 1.82) is 0 Å². The molecule has 3 aromatic heterocycles. The Kier molecular flexibility index (Phi) is 7.12. The molecule has 1 aliphatic carbocycles. The van der Waals surface area contributed by atoms with Crippen LogP contribution in [-0.4, -0.2) is 58.2 Å².